The van der Waals surface area contributed by atoms with E-state index in [0.717, 1.165) is 0 Å². The molecule has 0 radical (unpaired) electrons. The van der Waals surface area contributed by atoms with Gasteiger partial charge in [0.1, 0.15) is 0 Å². The maximum atomic E-state index is 9.74. The Morgan fingerprint density at radius 1 is 1.67 bits per heavy atom. The van der Waals surface area contributed by atoms with Crippen molar-refractivity contribution in [2.75, 3.05) is 6.61 Å². The van der Waals surface area contributed by atoms with Crippen LogP contribution < -0.4 is 5.73 Å². The van der Waals surface area contributed by atoms with E-state index < -0.39 is 23.2 Å². The van der Waals surface area contributed by atoms with Crippen LogP contribution in [0.25, 0.3) is 0 Å². The zero-order valence-corrected chi connectivity index (χ0v) is 5.21. The van der Waals surface area contributed by atoms with Crippen LogP contribution in [0, 0.1) is 0 Å². The molecule has 0 aliphatic heterocycles. The zero-order valence-electron chi connectivity index (χ0n) is 4.39. The molecule has 0 amide bonds. The second kappa shape index (κ2) is 3.08. The Hall–Kier alpha value is -0.210. The first kappa shape index (κ1) is 8.79. The van der Waals surface area contributed by atoms with Gasteiger partial charge in [-0.05, 0) is 0 Å². The topological polar surface area (TPSA) is 110 Å². The molecule has 0 aliphatic rings. The Kier molecular flexibility index (Phi) is 3.01. The minimum absolute atomic E-state index is 0.667. The van der Waals surface area contributed by atoms with Gasteiger partial charge in [-0.25, -0.2) is 4.18 Å². The summed E-state index contributed by atoms with van der Waals surface area (Å²) in [4.78, 5) is 0. The van der Waals surface area contributed by atoms with Gasteiger partial charge < -0.3 is 10.8 Å². The molecule has 0 aromatic carbocycles. The lowest BCUT2D eigenvalue weighted by molar-refractivity contribution is 0.113. The molecular formula is C2H7NO5S. The van der Waals surface area contributed by atoms with Crippen molar-refractivity contribution in [3.63, 3.8) is 0 Å². The summed E-state index contributed by atoms with van der Waals surface area (Å²) < 4.78 is 31.0. The molecule has 1 atom stereocenters. The molecule has 0 spiro atoms. The van der Waals surface area contributed by atoms with E-state index in [1.54, 1.807) is 0 Å². The van der Waals surface area contributed by atoms with Crippen LogP contribution in [0.1, 0.15) is 0 Å². The van der Waals surface area contributed by atoms with E-state index in [-0.39, 0.29) is 0 Å². The molecule has 0 rings (SSSR count). The molecule has 7 heteroatoms. The summed E-state index contributed by atoms with van der Waals surface area (Å²) in [5.74, 6) is 0. The fourth-order valence-electron chi connectivity index (χ4n) is 0.187. The van der Waals surface area contributed by atoms with Crippen molar-refractivity contribution in [2.24, 2.45) is 5.73 Å². The molecule has 4 N–H and O–H groups in total. The van der Waals surface area contributed by atoms with Gasteiger partial charge in [0.15, 0.2) is 6.23 Å². The van der Waals surface area contributed by atoms with Crippen molar-refractivity contribution >= 4 is 10.4 Å². The SMILES string of the molecule is NC(CO)OS(=O)(=O)O. The molecule has 1 unspecified atom stereocenters. The highest BCUT2D eigenvalue weighted by Crippen LogP contribution is 1.88. The van der Waals surface area contributed by atoms with Gasteiger partial charge in [0.05, 0.1) is 6.61 Å². The monoisotopic (exact) mass is 157 g/mol. The minimum Gasteiger partial charge on any atom is -0.392 e. The van der Waals surface area contributed by atoms with Crippen LogP contribution >= 0.6 is 0 Å². The average Bonchev–Trinajstić information content (AvgIpc) is 1.62. The fraction of sp³-hybridized carbons (Fsp3) is 1.00. The van der Waals surface area contributed by atoms with E-state index in [9.17, 15) is 8.42 Å². The Bertz CT molecular complexity index is 162. The lowest BCUT2D eigenvalue weighted by atomic mass is 10.7. The van der Waals surface area contributed by atoms with Gasteiger partial charge in [-0.2, -0.15) is 8.42 Å². The Morgan fingerprint density at radius 2 is 2.11 bits per heavy atom. The first-order valence-electron chi connectivity index (χ1n) is 1.98. The van der Waals surface area contributed by atoms with Gasteiger partial charge in [-0.3, -0.25) is 4.55 Å². The standard InChI is InChI=1S/C2H7NO5S/c3-2(1-4)8-9(5,6)7/h2,4H,1,3H2,(H,5,6,7). The summed E-state index contributed by atoms with van der Waals surface area (Å²) >= 11 is 0. The molecular weight excluding hydrogens is 150 g/mol. The normalized spacial score (nSPS) is 15.4. The van der Waals surface area contributed by atoms with Crippen LogP contribution in [0.5, 0.6) is 0 Å². The second-order valence-corrected chi connectivity index (χ2v) is 2.29. The summed E-state index contributed by atoms with van der Waals surface area (Å²) in [5.41, 5.74) is 4.75. The van der Waals surface area contributed by atoms with Gasteiger partial charge in [-0.15, -0.1) is 0 Å². The van der Waals surface area contributed by atoms with Crippen LogP contribution in [0.3, 0.4) is 0 Å². The summed E-state index contributed by atoms with van der Waals surface area (Å²) in [6.07, 6.45) is -1.39. The van der Waals surface area contributed by atoms with Crippen molar-refractivity contribution in [1.82, 2.24) is 0 Å². The van der Waals surface area contributed by atoms with Gasteiger partial charge in [0, 0.05) is 0 Å². The molecule has 0 fully saturated rings. The van der Waals surface area contributed by atoms with E-state index in [0.29, 0.717) is 0 Å². The van der Waals surface area contributed by atoms with Crippen molar-refractivity contribution in [3.05, 3.63) is 0 Å². The zero-order chi connectivity index (χ0) is 7.49. The van der Waals surface area contributed by atoms with Gasteiger partial charge in [0.25, 0.3) is 0 Å². The molecule has 0 heterocycles. The quantitative estimate of drug-likeness (QED) is 0.325. The lowest BCUT2D eigenvalue weighted by Gasteiger charge is -2.03. The highest BCUT2D eigenvalue weighted by Gasteiger charge is 2.10. The van der Waals surface area contributed by atoms with Crippen LogP contribution in [0.15, 0.2) is 0 Å². The number of aliphatic hydroxyl groups excluding tert-OH is 1. The molecule has 0 saturated carbocycles. The minimum atomic E-state index is -4.52. The predicted octanol–water partition coefficient (Wildman–Crippen LogP) is -1.92. The van der Waals surface area contributed by atoms with E-state index in [2.05, 4.69) is 4.18 Å². The maximum Gasteiger partial charge on any atom is 0.398 e. The molecule has 0 saturated heterocycles. The molecule has 9 heavy (non-hydrogen) atoms. The molecule has 0 aromatic heterocycles. The molecule has 6 nitrogen and oxygen atoms in total. The summed E-state index contributed by atoms with van der Waals surface area (Å²) in [5, 5.41) is 8.07. The van der Waals surface area contributed by atoms with E-state index in [1.165, 1.54) is 0 Å². The van der Waals surface area contributed by atoms with Crippen LogP contribution in [0.2, 0.25) is 0 Å². The fourth-order valence-corrected chi connectivity index (χ4v) is 0.560. The third-order valence-corrected chi connectivity index (χ3v) is 0.916. The van der Waals surface area contributed by atoms with Crippen molar-refractivity contribution in [3.8, 4) is 0 Å². The van der Waals surface area contributed by atoms with Gasteiger partial charge in [-0.1, -0.05) is 0 Å². The van der Waals surface area contributed by atoms with Crippen LogP contribution in [-0.4, -0.2) is 30.9 Å². The molecule has 0 bridgehead atoms. The van der Waals surface area contributed by atoms with Gasteiger partial charge in [0.2, 0.25) is 0 Å². The highest BCUT2D eigenvalue weighted by molar-refractivity contribution is 7.80. The number of hydrogen-bond donors (Lipinski definition) is 3. The second-order valence-electron chi connectivity index (χ2n) is 1.24. The number of rotatable bonds is 3. The molecule has 0 aromatic rings. The lowest BCUT2D eigenvalue weighted by Crippen LogP contribution is -2.30. The third kappa shape index (κ3) is 5.66. The summed E-state index contributed by atoms with van der Waals surface area (Å²) in [6.45, 7) is -0.667. The van der Waals surface area contributed by atoms with Crippen LogP contribution in [-0.2, 0) is 14.6 Å². The van der Waals surface area contributed by atoms with E-state index >= 15 is 0 Å². The molecule has 0 aliphatic carbocycles. The number of aliphatic hydroxyl groups is 1. The predicted molar refractivity (Wildman–Crippen MR) is 27.7 cm³/mol. The number of nitrogens with two attached hydrogens (primary N) is 1. The average molecular weight is 157 g/mol. The van der Waals surface area contributed by atoms with Crippen molar-refractivity contribution in [2.45, 2.75) is 6.23 Å². The third-order valence-electron chi connectivity index (χ3n) is 0.425. The smallest absolute Gasteiger partial charge is 0.392 e. The Labute approximate surface area is 52.2 Å². The highest BCUT2D eigenvalue weighted by atomic mass is 32.3. The summed E-state index contributed by atoms with van der Waals surface area (Å²) in [6, 6.07) is 0. The summed E-state index contributed by atoms with van der Waals surface area (Å²) in [7, 11) is -4.52. The first-order valence-corrected chi connectivity index (χ1v) is 3.34. The maximum absolute atomic E-state index is 9.74. The largest absolute Gasteiger partial charge is 0.398 e. The van der Waals surface area contributed by atoms with Crippen LogP contribution in [0.4, 0.5) is 0 Å². The van der Waals surface area contributed by atoms with E-state index in [1.807, 2.05) is 0 Å². The number of hydrogen-bond acceptors (Lipinski definition) is 5. The molecule has 56 valence electrons. The van der Waals surface area contributed by atoms with Crippen molar-refractivity contribution < 1.29 is 22.3 Å². The Balaban J connectivity index is 3.75. The van der Waals surface area contributed by atoms with Crippen molar-refractivity contribution in [1.29, 1.82) is 0 Å². The Morgan fingerprint density at radius 3 is 2.22 bits per heavy atom. The van der Waals surface area contributed by atoms with E-state index in [4.69, 9.17) is 15.4 Å². The van der Waals surface area contributed by atoms with Gasteiger partial charge >= 0.3 is 10.4 Å². The first-order chi connectivity index (χ1) is 3.95.